The number of barbiturate groups is 1. The fourth-order valence-electron chi connectivity index (χ4n) is 2.43. The third kappa shape index (κ3) is 1.80. The molecule has 1 aromatic carbocycles. The highest BCUT2D eigenvalue weighted by molar-refractivity contribution is 6.31. The van der Waals surface area contributed by atoms with Gasteiger partial charge in [-0.25, -0.2) is 9.69 Å². The van der Waals surface area contributed by atoms with Crippen molar-refractivity contribution in [2.75, 3.05) is 12.0 Å². The number of nitrogens with one attached hydrogen (secondary N) is 1. The van der Waals surface area contributed by atoms with Crippen LogP contribution in [0.3, 0.4) is 0 Å². The molecule has 1 aromatic rings. The standard InChI is InChI=1S/C14H14N2O4/c1-20-8-9-3-2-4-10(7-9)16-12(18)14(5-6-14)11(17)15-13(16)19/h2-4,7H,5-6,8H2,1H3,(H,15,17,19). The maximum Gasteiger partial charge on any atom is 0.335 e. The summed E-state index contributed by atoms with van der Waals surface area (Å²) in [4.78, 5) is 37.2. The highest BCUT2D eigenvalue weighted by atomic mass is 16.5. The molecular formula is C14H14N2O4. The Hall–Kier alpha value is -2.21. The van der Waals surface area contributed by atoms with E-state index in [2.05, 4.69) is 5.32 Å². The van der Waals surface area contributed by atoms with E-state index < -0.39 is 23.3 Å². The zero-order valence-electron chi connectivity index (χ0n) is 11.0. The number of anilines is 1. The summed E-state index contributed by atoms with van der Waals surface area (Å²) in [6.45, 7) is 0.390. The number of carbonyl (C=O) groups is 3. The maximum absolute atomic E-state index is 12.4. The predicted octanol–water partition coefficient (Wildman–Crippen LogP) is 1.20. The fourth-order valence-corrected chi connectivity index (χ4v) is 2.43. The zero-order valence-corrected chi connectivity index (χ0v) is 11.0. The zero-order chi connectivity index (χ0) is 14.3. The molecule has 1 aliphatic heterocycles. The molecule has 4 amide bonds. The lowest BCUT2D eigenvalue weighted by Crippen LogP contribution is -2.59. The first-order chi connectivity index (χ1) is 9.58. The van der Waals surface area contributed by atoms with Gasteiger partial charge in [0.1, 0.15) is 5.41 Å². The number of amides is 4. The number of carbonyl (C=O) groups excluding carboxylic acids is 3. The van der Waals surface area contributed by atoms with Crippen LogP contribution in [0, 0.1) is 5.41 Å². The molecule has 104 valence electrons. The van der Waals surface area contributed by atoms with Gasteiger partial charge >= 0.3 is 6.03 Å². The molecule has 20 heavy (non-hydrogen) atoms. The number of urea groups is 1. The van der Waals surface area contributed by atoms with E-state index in [4.69, 9.17) is 4.74 Å². The molecule has 0 atom stereocenters. The Kier molecular flexibility index (Phi) is 2.83. The fraction of sp³-hybridized carbons (Fsp3) is 0.357. The molecule has 1 aliphatic carbocycles. The molecule has 0 unspecified atom stereocenters. The van der Waals surface area contributed by atoms with Crippen LogP contribution in [0.2, 0.25) is 0 Å². The van der Waals surface area contributed by atoms with E-state index in [0.717, 1.165) is 10.5 Å². The number of methoxy groups -OCH3 is 1. The second-order valence-corrected chi connectivity index (χ2v) is 5.08. The minimum Gasteiger partial charge on any atom is -0.380 e. The van der Waals surface area contributed by atoms with Gasteiger partial charge in [-0.05, 0) is 30.5 Å². The van der Waals surface area contributed by atoms with Gasteiger partial charge in [-0.15, -0.1) is 0 Å². The third-order valence-corrected chi connectivity index (χ3v) is 3.70. The monoisotopic (exact) mass is 274 g/mol. The average molecular weight is 274 g/mol. The van der Waals surface area contributed by atoms with Gasteiger partial charge < -0.3 is 4.74 Å². The Morgan fingerprint density at radius 2 is 2.05 bits per heavy atom. The normalized spacial score (nSPS) is 20.2. The Balaban J connectivity index is 1.96. The van der Waals surface area contributed by atoms with Crippen molar-refractivity contribution in [3.8, 4) is 0 Å². The summed E-state index contributed by atoms with van der Waals surface area (Å²) in [6, 6.07) is 6.29. The van der Waals surface area contributed by atoms with Crippen LogP contribution in [0.4, 0.5) is 10.5 Å². The first kappa shape index (κ1) is 12.8. The minimum atomic E-state index is -1.02. The smallest absolute Gasteiger partial charge is 0.335 e. The van der Waals surface area contributed by atoms with Crippen LogP contribution in [0.15, 0.2) is 24.3 Å². The van der Waals surface area contributed by atoms with Crippen molar-refractivity contribution >= 4 is 23.5 Å². The van der Waals surface area contributed by atoms with Gasteiger partial charge in [-0.1, -0.05) is 12.1 Å². The summed E-state index contributed by atoms with van der Waals surface area (Å²) in [5, 5.41) is 2.26. The van der Waals surface area contributed by atoms with E-state index in [-0.39, 0.29) is 0 Å². The lowest BCUT2D eigenvalue weighted by molar-refractivity contribution is -0.136. The average Bonchev–Trinajstić information content (AvgIpc) is 3.19. The number of hydrogen-bond acceptors (Lipinski definition) is 4. The van der Waals surface area contributed by atoms with Crippen molar-refractivity contribution in [1.29, 1.82) is 0 Å². The number of rotatable bonds is 3. The van der Waals surface area contributed by atoms with Gasteiger partial charge in [0, 0.05) is 7.11 Å². The molecule has 6 nitrogen and oxygen atoms in total. The van der Waals surface area contributed by atoms with Crippen LogP contribution in [-0.2, 0) is 20.9 Å². The predicted molar refractivity (Wildman–Crippen MR) is 69.8 cm³/mol. The van der Waals surface area contributed by atoms with E-state index in [9.17, 15) is 14.4 Å². The molecule has 2 aliphatic rings. The molecular weight excluding hydrogens is 260 g/mol. The van der Waals surface area contributed by atoms with Crippen molar-refractivity contribution in [1.82, 2.24) is 5.32 Å². The van der Waals surface area contributed by atoms with E-state index in [1.54, 1.807) is 25.3 Å². The molecule has 1 saturated heterocycles. The quantitative estimate of drug-likeness (QED) is 0.840. The Labute approximate surface area is 115 Å². The largest absolute Gasteiger partial charge is 0.380 e. The van der Waals surface area contributed by atoms with E-state index >= 15 is 0 Å². The molecule has 0 radical (unpaired) electrons. The third-order valence-electron chi connectivity index (χ3n) is 3.70. The van der Waals surface area contributed by atoms with Crippen LogP contribution in [-0.4, -0.2) is 25.0 Å². The van der Waals surface area contributed by atoms with Gasteiger partial charge in [-0.3, -0.25) is 14.9 Å². The second kappa shape index (κ2) is 4.42. The van der Waals surface area contributed by atoms with Crippen LogP contribution < -0.4 is 10.2 Å². The lowest BCUT2D eigenvalue weighted by atomic mass is 10.0. The summed E-state index contributed by atoms with van der Waals surface area (Å²) in [7, 11) is 1.57. The van der Waals surface area contributed by atoms with Gasteiger partial charge in [0.25, 0.3) is 5.91 Å². The van der Waals surface area contributed by atoms with Crippen LogP contribution in [0.1, 0.15) is 18.4 Å². The van der Waals surface area contributed by atoms with Crippen molar-refractivity contribution in [2.45, 2.75) is 19.4 Å². The van der Waals surface area contributed by atoms with Crippen LogP contribution >= 0.6 is 0 Å². The van der Waals surface area contributed by atoms with E-state index in [1.807, 2.05) is 6.07 Å². The molecule has 1 heterocycles. The van der Waals surface area contributed by atoms with Crippen LogP contribution in [0.25, 0.3) is 0 Å². The maximum atomic E-state index is 12.4. The first-order valence-electron chi connectivity index (χ1n) is 6.36. The van der Waals surface area contributed by atoms with Crippen molar-refractivity contribution < 1.29 is 19.1 Å². The number of ether oxygens (including phenoxy) is 1. The highest BCUT2D eigenvalue weighted by Crippen LogP contribution is 2.49. The molecule has 1 saturated carbocycles. The van der Waals surface area contributed by atoms with Gasteiger partial charge in [0.15, 0.2) is 0 Å². The molecule has 2 fully saturated rings. The number of benzene rings is 1. The molecule has 6 heteroatoms. The van der Waals surface area contributed by atoms with Crippen molar-refractivity contribution in [2.24, 2.45) is 5.41 Å². The topological polar surface area (TPSA) is 75.7 Å². The van der Waals surface area contributed by atoms with Gasteiger partial charge in [0.05, 0.1) is 12.3 Å². The van der Waals surface area contributed by atoms with Crippen molar-refractivity contribution in [3.05, 3.63) is 29.8 Å². The van der Waals surface area contributed by atoms with Gasteiger partial charge in [-0.2, -0.15) is 0 Å². The Morgan fingerprint density at radius 3 is 2.70 bits per heavy atom. The lowest BCUT2D eigenvalue weighted by Gasteiger charge is -2.30. The Bertz CT molecular complexity index is 607. The highest BCUT2D eigenvalue weighted by Gasteiger charge is 2.62. The summed E-state index contributed by atoms with van der Waals surface area (Å²) in [5.74, 6) is -0.905. The van der Waals surface area contributed by atoms with E-state index in [0.29, 0.717) is 25.1 Å². The molecule has 0 aromatic heterocycles. The van der Waals surface area contributed by atoms with Crippen LogP contribution in [0.5, 0.6) is 0 Å². The molecule has 1 spiro atoms. The number of nitrogens with zero attached hydrogens (tertiary/aromatic N) is 1. The first-order valence-corrected chi connectivity index (χ1v) is 6.36. The Morgan fingerprint density at radius 1 is 1.30 bits per heavy atom. The number of hydrogen-bond donors (Lipinski definition) is 1. The minimum absolute atomic E-state index is 0.390. The van der Waals surface area contributed by atoms with Crippen molar-refractivity contribution in [3.63, 3.8) is 0 Å². The number of imide groups is 2. The molecule has 0 bridgehead atoms. The SMILES string of the molecule is COCc1cccc(N2C(=O)NC(=O)C3(CC3)C2=O)c1. The summed E-state index contributed by atoms with van der Waals surface area (Å²) >= 11 is 0. The summed E-state index contributed by atoms with van der Waals surface area (Å²) in [6.07, 6.45) is 0.998. The van der Waals surface area contributed by atoms with E-state index in [1.165, 1.54) is 0 Å². The molecule has 3 rings (SSSR count). The summed E-state index contributed by atoms with van der Waals surface area (Å²) in [5.41, 5.74) is 0.290. The van der Waals surface area contributed by atoms with Gasteiger partial charge in [0.2, 0.25) is 5.91 Å². The summed E-state index contributed by atoms with van der Waals surface area (Å²) < 4.78 is 5.04. The second-order valence-electron chi connectivity index (χ2n) is 5.08. The molecule has 1 N–H and O–H groups in total.